The molecule has 0 radical (unpaired) electrons. The summed E-state index contributed by atoms with van der Waals surface area (Å²) in [5.41, 5.74) is -2.30. The summed E-state index contributed by atoms with van der Waals surface area (Å²) in [7, 11) is 0. The fourth-order valence-corrected chi connectivity index (χ4v) is 7.17. The Kier molecular flexibility index (Phi) is 2.95. The Hall–Kier alpha value is -1.05. The number of carbonyl (C=O) groups excluding carboxylic acids is 1. The fraction of sp³-hybridized carbons (Fsp3) is 0.750. The van der Waals surface area contributed by atoms with Gasteiger partial charge < -0.3 is 25.2 Å². The molecular weight excluding hydrogens is 336 g/mol. The highest BCUT2D eigenvalue weighted by atomic mass is 16.6. The molecule has 2 saturated heterocycles. The van der Waals surface area contributed by atoms with Crippen molar-refractivity contribution in [2.45, 2.75) is 57.2 Å². The molecule has 0 amide bonds. The number of allylic oxidation sites excluding steroid dienone is 1. The van der Waals surface area contributed by atoms with Crippen LogP contribution in [0.25, 0.3) is 0 Å². The summed E-state index contributed by atoms with van der Waals surface area (Å²) >= 11 is 0. The van der Waals surface area contributed by atoms with Gasteiger partial charge in [-0.3, -0.25) is 4.79 Å². The molecule has 142 valence electrons. The van der Waals surface area contributed by atoms with E-state index in [4.69, 9.17) is 4.74 Å². The molecule has 2 aliphatic heterocycles. The Balaban J connectivity index is 1.86. The van der Waals surface area contributed by atoms with Gasteiger partial charge in [0.1, 0.15) is 11.5 Å². The summed E-state index contributed by atoms with van der Waals surface area (Å²) in [6, 6.07) is 0. The maximum atomic E-state index is 13.3. The van der Waals surface area contributed by atoms with Crippen molar-refractivity contribution in [1.82, 2.24) is 0 Å². The second-order valence-corrected chi connectivity index (χ2v) is 9.56. The number of ether oxygens (including phenoxy) is 1. The number of hydrogen-bond acceptors (Lipinski definition) is 6. The Labute approximate surface area is 152 Å². The molecule has 0 aromatic rings. The predicted octanol–water partition coefficient (Wildman–Crippen LogP) is 0.296. The van der Waals surface area contributed by atoms with Gasteiger partial charge in [0, 0.05) is 17.3 Å². The molecule has 4 aliphatic carbocycles. The summed E-state index contributed by atoms with van der Waals surface area (Å²) in [5, 5.41) is 45.0. The first-order chi connectivity index (χ1) is 12.1. The lowest BCUT2D eigenvalue weighted by Gasteiger charge is -2.72. The van der Waals surface area contributed by atoms with Crippen LogP contribution in [0, 0.1) is 28.1 Å². The minimum absolute atomic E-state index is 0.0283. The van der Waals surface area contributed by atoms with E-state index in [1.54, 1.807) is 0 Å². The third kappa shape index (κ3) is 1.37. The van der Waals surface area contributed by atoms with Crippen molar-refractivity contribution in [3.8, 4) is 0 Å². The van der Waals surface area contributed by atoms with Crippen molar-refractivity contribution in [3.05, 3.63) is 23.8 Å². The van der Waals surface area contributed by atoms with Gasteiger partial charge in [0.2, 0.25) is 5.79 Å². The summed E-state index contributed by atoms with van der Waals surface area (Å²) in [5.74, 6) is -3.64. The zero-order valence-electron chi connectivity index (χ0n) is 15.1. The molecule has 6 nitrogen and oxygen atoms in total. The fourth-order valence-electron chi connectivity index (χ4n) is 7.17. The van der Waals surface area contributed by atoms with Gasteiger partial charge in [-0.15, -0.1) is 0 Å². The lowest BCUT2D eigenvalue weighted by molar-refractivity contribution is -0.411. The van der Waals surface area contributed by atoms with Gasteiger partial charge in [-0.05, 0) is 35.8 Å². The number of carbonyl (C=O) groups is 1. The van der Waals surface area contributed by atoms with Gasteiger partial charge in [0.05, 0.1) is 18.8 Å². The van der Waals surface area contributed by atoms with E-state index in [0.717, 1.165) is 0 Å². The number of rotatable bonds is 0. The SMILES string of the molecule is C=C1C(=O)[C@@]23C(=CC[C@@H]1[C@H]2O)[C@@]12CO[C@@]3(O)[C@@H](O)[C@@H]1C(C)(C)CC[C@@H]2O. The molecule has 26 heavy (non-hydrogen) atoms. The molecule has 0 aromatic carbocycles. The van der Waals surface area contributed by atoms with Crippen LogP contribution in [0.1, 0.15) is 33.1 Å². The smallest absolute Gasteiger partial charge is 0.212 e. The zero-order valence-corrected chi connectivity index (χ0v) is 15.1. The lowest BCUT2D eigenvalue weighted by Crippen LogP contribution is -2.82. The van der Waals surface area contributed by atoms with Gasteiger partial charge in [-0.25, -0.2) is 0 Å². The molecule has 4 N–H and O–H groups in total. The van der Waals surface area contributed by atoms with E-state index in [-0.39, 0.29) is 17.6 Å². The van der Waals surface area contributed by atoms with Crippen LogP contribution >= 0.6 is 0 Å². The van der Waals surface area contributed by atoms with Crippen molar-refractivity contribution >= 4 is 5.78 Å². The largest absolute Gasteiger partial charge is 0.392 e. The van der Waals surface area contributed by atoms with Crippen molar-refractivity contribution in [2.75, 3.05) is 6.61 Å². The van der Waals surface area contributed by atoms with E-state index >= 15 is 0 Å². The molecule has 6 rings (SSSR count). The number of fused-ring (bicyclic) bond motifs is 2. The van der Waals surface area contributed by atoms with E-state index in [1.807, 2.05) is 19.9 Å². The van der Waals surface area contributed by atoms with Crippen molar-refractivity contribution in [2.24, 2.45) is 28.1 Å². The minimum Gasteiger partial charge on any atom is -0.392 e. The summed E-state index contributed by atoms with van der Waals surface area (Å²) in [6.45, 7) is 7.91. The summed E-state index contributed by atoms with van der Waals surface area (Å²) in [4.78, 5) is 13.3. The van der Waals surface area contributed by atoms with Crippen molar-refractivity contribution < 1.29 is 30.0 Å². The Morgan fingerprint density at radius 3 is 2.62 bits per heavy atom. The van der Waals surface area contributed by atoms with Crippen LogP contribution in [0.2, 0.25) is 0 Å². The Morgan fingerprint density at radius 1 is 1.23 bits per heavy atom. The molecule has 4 bridgehead atoms. The predicted molar refractivity (Wildman–Crippen MR) is 90.6 cm³/mol. The Bertz CT molecular complexity index is 770. The highest BCUT2D eigenvalue weighted by molar-refractivity contribution is 6.07. The number of aliphatic hydroxyl groups is 4. The molecule has 2 heterocycles. The van der Waals surface area contributed by atoms with Gasteiger partial charge in [0.25, 0.3) is 0 Å². The first kappa shape index (κ1) is 17.1. The van der Waals surface area contributed by atoms with E-state index in [1.165, 1.54) is 0 Å². The Morgan fingerprint density at radius 2 is 1.92 bits per heavy atom. The van der Waals surface area contributed by atoms with Crippen molar-refractivity contribution in [3.63, 3.8) is 0 Å². The number of aliphatic hydroxyl groups excluding tert-OH is 3. The highest BCUT2D eigenvalue weighted by Crippen LogP contribution is 2.74. The zero-order chi connectivity index (χ0) is 18.9. The number of Topliss-reactive ketones (excluding diaryl/α,β-unsaturated/α-hetero) is 1. The molecule has 3 saturated carbocycles. The third-order valence-corrected chi connectivity index (χ3v) is 8.29. The van der Waals surface area contributed by atoms with Crippen LogP contribution in [0.15, 0.2) is 23.8 Å². The van der Waals surface area contributed by atoms with Gasteiger partial charge in [-0.1, -0.05) is 26.5 Å². The van der Waals surface area contributed by atoms with Crippen LogP contribution in [0.3, 0.4) is 0 Å². The van der Waals surface area contributed by atoms with Crippen LogP contribution in [0.5, 0.6) is 0 Å². The highest BCUT2D eigenvalue weighted by Gasteiger charge is 2.85. The number of ketones is 1. The van der Waals surface area contributed by atoms with Crippen LogP contribution < -0.4 is 0 Å². The van der Waals surface area contributed by atoms with Crippen LogP contribution in [0.4, 0.5) is 0 Å². The molecule has 6 heteroatoms. The van der Waals surface area contributed by atoms with E-state index in [0.29, 0.717) is 24.8 Å². The first-order valence-corrected chi connectivity index (χ1v) is 9.42. The molecule has 2 spiro atoms. The second-order valence-electron chi connectivity index (χ2n) is 9.56. The quantitative estimate of drug-likeness (QED) is 0.365. The number of hydrogen-bond donors (Lipinski definition) is 4. The van der Waals surface area contributed by atoms with Gasteiger partial charge >= 0.3 is 0 Å². The molecule has 5 fully saturated rings. The molecular formula is C20H26O6. The van der Waals surface area contributed by atoms with E-state index < -0.39 is 52.5 Å². The van der Waals surface area contributed by atoms with Gasteiger partial charge in [-0.2, -0.15) is 0 Å². The normalized spacial score (nSPS) is 56.8. The molecule has 6 aliphatic rings. The molecule has 0 aromatic heterocycles. The topological polar surface area (TPSA) is 107 Å². The summed E-state index contributed by atoms with van der Waals surface area (Å²) < 4.78 is 5.76. The van der Waals surface area contributed by atoms with Crippen LogP contribution in [-0.2, 0) is 9.53 Å². The van der Waals surface area contributed by atoms with Gasteiger partial charge in [0.15, 0.2) is 5.78 Å². The monoisotopic (exact) mass is 362 g/mol. The average molecular weight is 362 g/mol. The minimum atomic E-state index is -2.21. The van der Waals surface area contributed by atoms with E-state index in [9.17, 15) is 25.2 Å². The van der Waals surface area contributed by atoms with Crippen LogP contribution in [-0.4, -0.2) is 56.9 Å². The van der Waals surface area contributed by atoms with E-state index in [2.05, 4.69) is 6.58 Å². The van der Waals surface area contributed by atoms with Crippen molar-refractivity contribution in [1.29, 1.82) is 0 Å². The average Bonchev–Trinajstić information content (AvgIpc) is 2.69. The standard InChI is InChI=1S/C20H26O6/c1-9-10-4-5-11-18-8-26-20(25,19(11,14(9)22)15(10)23)16(24)13(18)17(2,3)7-6-12(18)21/h5,10,12-13,15-16,21,23-25H,1,4,6-8H2,2-3H3/t10-,12-,13+,15+,16-,18+,19-,20-/m0/s1. The lowest BCUT2D eigenvalue weighted by atomic mass is 9.38. The maximum Gasteiger partial charge on any atom is 0.212 e. The maximum absolute atomic E-state index is 13.3. The first-order valence-electron chi connectivity index (χ1n) is 9.42. The molecule has 0 unspecified atom stereocenters. The third-order valence-electron chi connectivity index (χ3n) is 8.29. The second kappa shape index (κ2) is 4.50. The summed E-state index contributed by atoms with van der Waals surface area (Å²) in [6.07, 6.45) is 0.133. The molecule has 8 atom stereocenters.